The minimum atomic E-state index is -0.305. The fourth-order valence-electron chi connectivity index (χ4n) is 2.19. The molecule has 0 atom stereocenters. The van der Waals surface area contributed by atoms with E-state index >= 15 is 0 Å². The summed E-state index contributed by atoms with van der Waals surface area (Å²) in [5.74, 6) is -0.305. The van der Waals surface area contributed by atoms with E-state index in [4.69, 9.17) is 12.2 Å². The Bertz CT molecular complexity index is 911. The lowest BCUT2D eigenvalue weighted by atomic mass is 10.2. The van der Waals surface area contributed by atoms with Crippen LogP contribution in [0.1, 0.15) is 5.56 Å². The van der Waals surface area contributed by atoms with Crippen LogP contribution in [0.3, 0.4) is 0 Å². The predicted octanol–water partition coefficient (Wildman–Crippen LogP) is 4.74. The number of halogens is 1. The second kappa shape index (κ2) is 5.94. The molecule has 110 valence electrons. The number of aryl methyl sites for hydroxylation is 1. The summed E-state index contributed by atoms with van der Waals surface area (Å²) >= 11 is 6.72. The molecule has 0 spiro atoms. The Morgan fingerprint density at radius 1 is 1.09 bits per heavy atom. The maximum absolute atomic E-state index is 13.0. The van der Waals surface area contributed by atoms with Crippen LogP contribution in [0.2, 0.25) is 0 Å². The van der Waals surface area contributed by atoms with Gasteiger partial charge in [-0.15, -0.1) is 11.3 Å². The van der Waals surface area contributed by atoms with Crippen molar-refractivity contribution in [3.05, 3.63) is 80.3 Å². The van der Waals surface area contributed by atoms with Gasteiger partial charge >= 0.3 is 0 Å². The first kappa shape index (κ1) is 14.8. The number of rotatable bonds is 2. The van der Waals surface area contributed by atoms with Gasteiger partial charge in [0.1, 0.15) is 5.82 Å². The van der Waals surface area contributed by atoms with Gasteiger partial charge in [0.2, 0.25) is 0 Å². The van der Waals surface area contributed by atoms with E-state index in [0.29, 0.717) is 3.95 Å². The van der Waals surface area contributed by atoms with E-state index < -0.39 is 0 Å². The fourth-order valence-corrected chi connectivity index (χ4v) is 3.55. The smallest absolute Gasteiger partial charge is 0.258 e. The Hall–Kier alpha value is -2.11. The molecule has 3 aromatic rings. The first-order valence-electron chi connectivity index (χ1n) is 6.65. The highest BCUT2D eigenvalue weighted by atomic mass is 32.1. The van der Waals surface area contributed by atoms with E-state index in [1.807, 2.05) is 31.2 Å². The van der Waals surface area contributed by atoms with Gasteiger partial charge in [-0.3, -0.25) is 9.36 Å². The fraction of sp³-hybridized carbons (Fsp3) is 0.0588. The third-order valence-electron chi connectivity index (χ3n) is 3.24. The van der Waals surface area contributed by atoms with Crippen molar-refractivity contribution in [1.29, 1.82) is 0 Å². The predicted molar refractivity (Wildman–Crippen MR) is 90.9 cm³/mol. The first-order valence-corrected chi connectivity index (χ1v) is 7.87. The second-order valence-corrected chi connectivity index (χ2v) is 6.57. The number of hydrogen-bond donors (Lipinski definition) is 0. The summed E-state index contributed by atoms with van der Waals surface area (Å²) < 4.78 is 15.0. The molecule has 0 fully saturated rings. The third-order valence-corrected chi connectivity index (χ3v) is 4.61. The standard InChI is InChI=1S/C17H12FNOS2/c1-11-3-2-4-14(9-11)19-16(20)10-15(22-17(19)21)12-5-7-13(18)8-6-12/h2-10H,1H3. The van der Waals surface area contributed by atoms with Gasteiger partial charge < -0.3 is 0 Å². The molecule has 2 nitrogen and oxygen atoms in total. The Kier molecular flexibility index (Phi) is 4.00. The number of benzene rings is 2. The van der Waals surface area contributed by atoms with Crippen LogP contribution in [0.25, 0.3) is 16.1 Å². The third kappa shape index (κ3) is 2.91. The molecule has 0 radical (unpaired) electrons. The van der Waals surface area contributed by atoms with E-state index in [9.17, 15) is 9.18 Å². The topological polar surface area (TPSA) is 22.0 Å². The SMILES string of the molecule is Cc1cccc(-n2c(=O)cc(-c3ccc(F)cc3)sc2=S)c1. The van der Waals surface area contributed by atoms with Crippen LogP contribution in [0.15, 0.2) is 59.4 Å². The van der Waals surface area contributed by atoms with Crippen LogP contribution in [-0.4, -0.2) is 4.57 Å². The highest BCUT2D eigenvalue weighted by Gasteiger charge is 2.07. The highest BCUT2D eigenvalue weighted by Crippen LogP contribution is 2.24. The van der Waals surface area contributed by atoms with Crippen molar-refractivity contribution in [2.45, 2.75) is 6.92 Å². The lowest BCUT2D eigenvalue weighted by molar-refractivity contribution is 0.628. The average molecular weight is 329 g/mol. The number of aromatic nitrogens is 1. The summed E-state index contributed by atoms with van der Waals surface area (Å²) in [4.78, 5) is 13.2. The lowest BCUT2D eigenvalue weighted by Gasteiger charge is -2.08. The molecule has 5 heteroatoms. The largest absolute Gasteiger partial charge is 0.269 e. The summed E-state index contributed by atoms with van der Waals surface area (Å²) in [5.41, 5.74) is 2.42. The number of hydrogen-bond acceptors (Lipinski definition) is 3. The van der Waals surface area contributed by atoms with Crippen LogP contribution in [-0.2, 0) is 0 Å². The molecule has 0 aliphatic carbocycles. The molecule has 22 heavy (non-hydrogen) atoms. The number of nitrogens with zero attached hydrogens (tertiary/aromatic N) is 1. The van der Waals surface area contributed by atoms with Gasteiger partial charge in [-0.1, -0.05) is 24.3 Å². The van der Waals surface area contributed by atoms with Gasteiger partial charge in [0.25, 0.3) is 5.56 Å². The Morgan fingerprint density at radius 3 is 2.45 bits per heavy atom. The summed E-state index contributed by atoms with van der Waals surface area (Å²) in [7, 11) is 0. The summed E-state index contributed by atoms with van der Waals surface area (Å²) in [5, 5.41) is 0. The maximum Gasteiger partial charge on any atom is 0.258 e. The van der Waals surface area contributed by atoms with E-state index in [1.54, 1.807) is 12.1 Å². The van der Waals surface area contributed by atoms with E-state index in [1.165, 1.54) is 34.1 Å². The van der Waals surface area contributed by atoms with Crippen LogP contribution >= 0.6 is 23.6 Å². The summed E-state index contributed by atoms with van der Waals surface area (Å²) in [6, 6.07) is 15.2. The Balaban J connectivity index is 2.15. The molecule has 1 aromatic heterocycles. The molecule has 2 aromatic carbocycles. The molecule has 0 bridgehead atoms. The zero-order chi connectivity index (χ0) is 15.7. The van der Waals surface area contributed by atoms with Crippen LogP contribution in [0.5, 0.6) is 0 Å². The monoisotopic (exact) mass is 329 g/mol. The van der Waals surface area contributed by atoms with E-state index in [-0.39, 0.29) is 11.4 Å². The molecular weight excluding hydrogens is 317 g/mol. The lowest BCUT2D eigenvalue weighted by Crippen LogP contribution is -2.17. The van der Waals surface area contributed by atoms with E-state index in [2.05, 4.69) is 0 Å². The summed E-state index contributed by atoms with van der Waals surface area (Å²) in [6.45, 7) is 1.97. The van der Waals surface area contributed by atoms with Crippen LogP contribution in [0.4, 0.5) is 4.39 Å². The zero-order valence-electron chi connectivity index (χ0n) is 11.7. The van der Waals surface area contributed by atoms with Gasteiger partial charge in [0.05, 0.1) is 5.69 Å². The molecule has 0 N–H and O–H groups in total. The Labute approximate surface area is 136 Å². The molecular formula is C17H12FNOS2. The van der Waals surface area contributed by atoms with Crippen molar-refractivity contribution >= 4 is 23.6 Å². The minimum Gasteiger partial charge on any atom is -0.269 e. The van der Waals surface area contributed by atoms with Gasteiger partial charge in [0, 0.05) is 10.9 Å². The molecule has 3 rings (SSSR count). The van der Waals surface area contributed by atoms with Crippen molar-refractivity contribution in [3.63, 3.8) is 0 Å². The van der Waals surface area contributed by atoms with Crippen molar-refractivity contribution < 1.29 is 4.39 Å². The molecule has 1 heterocycles. The van der Waals surface area contributed by atoms with Gasteiger partial charge in [0.15, 0.2) is 3.95 Å². The molecule has 0 saturated carbocycles. The van der Waals surface area contributed by atoms with Crippen molar-refractivity contribution in [1.82, 2.24) is 4.57 Å². The van der Waals surface area contributed by atoms with Crippen LogP contribution < -0.4 is 5.56 Å². The van der Waals surface area contributed by atoms with Gasteiger partial charge in [-0.25, -0.2) is 4.39 Å². The molecule has 0 unspecified atom stereocenters. The molecule has 0 aliphatic heterocycles. The minimum absolute atomic E-state index is 0.186. The normalized spacial score (nSPS) is 10.6. The molecule has 0 amide bonds. The van der Waals surface area contributed by atoms with Crippen molar-refractivity contribution in [2.24, 2.45) is 0 Å². The average Bonchev–Trinajstić information content (AvgIpc) is 2.47. The first-order chi connectivity index (χ1) is 10.5. The van der Waals surface area contributed by atoms with Gasteiger partial charge in [-0.2, -0.15) is 0 Å². The van der Waals surface area contributed by atoms with Crippen molar-refractivity contribution in [2.75, 3.05) is 0 Å². The van der Waals surface area contributed by atoms with Crippen LogP contribution in [0, 0.1) is 16.7 Å². The van der Waals surface area contributed by atoms with Gasteiger partial charge in [-0.05, 0) is 54.5 Å². The summed E-state index contributed by atoms with van der Waals surface area (Å²) in [6.07, 6.45) is 0. The van der Waals surface area contributed by atoms with Crippen molar-refractivity contribution in [3.8, 4) is 16.1 Å². The highest BCUT2D eigenvalue weighted by molar-refractivity contribution is 7.73. The second-order valence-electron chi connectivity index (χ2n) is 4.90. The quantitative estimate of drug-likeness (QED) is 0.633. The van der Waals surface area contributed by atoms with E-state index in [0.717, 1.165) is 21.7 Å². The zero-order valence-corrected chi connectivity index (χ0v) is 13.4. The Morgan fingerprint density at radius 2 is 1.82 bits per heavy atom. The molecule has 0 saturated heterocycles. The maximum atomic E-state index is 13.0. The molecule has 0 aliphatic rings.